The molecule has 0 spiro atoms. The molecular weight excluding hydrogens is 445 g/mol. The van der Waals surface area contributed by atoms with Gasteiger partial charge in [0.1, 0.15) is 5.69 Å². The minimum Gasteiger partial charge on any atom is -0.467 e. The number of rotatable bonds is 5. The number of aryl methyl sites for hydroxylation is 2. The van der Waals surface area contributed by atoms with Crippen LogP contribution in [0, 0.1) is 0 Å². The number of nitrogens with zero attached hydrogens (tertiary/aromatic N) is 3. The summed E-state index contributed by atoms with van der Waals surface area (Å²) in [6.07, 6.45) is -3.04. The van der Waals surface area contributed by atoms with Gasteiger partial charge in [-0.25, -0.2) is 4.68 Å². The smallest absolute Gasteiger partial charge is 0.417 e. The van der Waals surface area contributed by atoms with Crippen molar-refractivity contribution in [1.29, 1.82) is 0 Å². The lowest BCUT2D eigenvalue weighted by Gasteiger charge is -2.15. The van der Waals surface area contributed by atoms with Gasteiger partial charge in [0.25, 0.3) is 5.91 Å². The van der Waals surface area contributed by atoms with Crippen LogP contribution in [-0.2, 0) is 24.4 Å². The quantitative estimate of drug-likeness (QED) is 0.457. The average Bonchev–Trinajstić information content (AvgIpc) is 3.38. The molecule has 4 aromatic rings. The van der Waals surface area contributed by atoms with Crippen molar-refractivity contribution in [1.82, 2.24) is 20.1 Å². The van der Waals surface area contributed by atoms with Crippen molar-refractivity contribution in [3.8, 4) is 17.1 Å². The highest BCUT2D eigenvalue weighted by Gasteiger charge is 2.36. The first-order valence-electron chi connectivity index (χ1n) is 10.8. The van der Waals surface area contributed by atoms with E-state index in [-0.39, 0.29) is 28.6 Å². The maximum Gasteiger partial charge on any atom is 0.417 e. The Morgan fingerprint density at radius 2 is 1.88 bits per heavy atom. The molecule has 2 heterocycles. The Morgan fingerprint density at radius 3 is 2.65 bits per heavy atom. The molecule has 1 aliphatic rings. The second-order valence-electron chi connectivity index (χ2n) is 8.19. The van der Waals surface area contributed by atoms with E-state index in [0.29, 0.717) is 5.56 Å². The Kier molecular flexibility index (Phi) is 5.47. The number of hydrogen-bond donors (Lipinski definition) is 1. The zero-order chi connectivity index (χ0) is 23.9. The second-order valence-corrected chi connectivity index (χ2v) is 8.19. The minimum absolute atomic E-state index is 0.0220. The van der Waals surface area contributed by atoms with E-state index in [1.54, 1.807) is 30.3 Å². The highest BCUT2D eigenvalue weighted by molar-refractivity contribution is 5.94. The third-order valence-corrected chi connectivity index (χ3v) is 5.94. The predicted molar refractivity (Wildman–Crippen MR) is 120 cm³/mol. The van der Waals surface area contributed by atoms with Crippen LogP contribution in [0.25, 0.3) is 22.3 Å². The molecular formula is C25H21F3N4O2. The Balaban J connectivity index is 1.41. The van der Waals surface area contributed by atoms with Crippen LogP contribution in [-0.4, -0.2) is 27.3 Å². The molecule has 2 aromatic heterocycles. The molecule has 6 nitrogen and oxygen atoms in total. The van der Waals surface area contributed by atoms with E-state index in [0.717, 1.165) is 24.5 Å². The van der Waals surface area contributed by atoms with Crippen molar-refractivity contribution in [2.24, 2.45) is 7.05 Å². The largest absolute Gasteiger partial charge is 0.467 e. The molecule has 1 atom stereocenters. The van der Waals surface area contributed by atoms with Crippen LogP contribution in [0.4, 0.5) is 13.2 Å². The van der Waals surface area contributed by atoms with E-state index in [2.05, 4.69) is 15.4 Å². The lowest BCUT2D eigenvalue weighted by Crippen LogP contribution is -2.31. The summed E-state index contributed by atoms with van der Waals surface area (Å²) in [5.74, 6) is -0.712. The fraction of sp³-hybridized carbons (Fsp3) is 0.240. The number of halogens is 3. The predicted octanol–water partition coefficient (Wildman–Crippen LogP) is 4.84. The molecule has 5 rings (SSSR count). The number of pyridine rings is 1. The third-order valence-electron chi connectivity index (χ3n) is 5.94. The maximum absolute atomic E-state index is 14.0. The SMILES string of the molecule is Cn1nc(-c2ccccc2)c2c(C(F)(F)F)cc(OCC(=O)N[C@H]3CCc4ccccc43)nc21. The van der Waals surface area contributed by atoms with Gasteiger partial charge in [-0.05, 0) is 24.0 Å². The Labute approximate surface area is 193 Å². The van der Waals surface area contributed by atoms with Gasteiger partial charge in [-0.2, -0.15) is 23.3 Å². The van der Waals surface area contributed by atoms with Crippen LogP contribution in [0.3, 0.4) is 0 Å². The van der Waals surface area contributed by atoms with Gasteiger partial charge in [0.2, 0.25) is 5.88 Å². The van der Waals surface area contributed by atoms with Crippen molar-refractivity contribution >= 4 is 16.9 Å². The Morgan fingerprint density at radius 1 is 1.15 bits per heavy atom. The standard InChI is InChI=1S/C25H21F3N4O2/c1-32-24-22(23(31-32)16-8-3-2-4-9-16)18(25(26,27)28)13-21(30-24)34-14-20(33)29-19-12-11-15-7-5-6-10-17(15)19/h2-10,13,19H,11-12,14H2,1H3,(H,29,33)/t19-/m0/s1. The van der Waals surface area contributed by atoms with Gasteiger partial charge in [0.15, 0.2) is 12.3 Å². The van der Waals surface area contributed by atoms with Gasteiger partial charge >= 0.3 is 6.18 Å². The molecule has 1 amide bonds. The van der Waals surface area contributed by atoms with Crippen LogP contribution in [0.2, 0.25) is 0 Å². The first kappa shape index (κ1) is 21.9. The number of carbonyl (C=O) groups excluding carboxylic acids is 1. The summed E-state index contributed by atoms with van der Waals surface area (Å²) in [7, 11) is 1.52. The lowest BCUT2D eigenvalue weighted by molar-refractivity contribution is -0.136. The van der Waals surface area contributed by atoms with Crippen molar-refractivity contribution in [3.05, 3.63) is 77.4 Å². The molecule has 0 bridgehead atoms. The summed E-state index contributed by atoms with van der Waals surface area (Å²) < 4.78 is 48.7. The number of alkyl halides is 3. The zero-order valence-electron chi connectivity index (χ0n) is 18.3. The van der Waals surface area contributed by atoms with Crippen molar-refractivity contribution in [2.75, 3.05) is 6.61 Å². The Bertz CT molecular complexity index is 1370. The maximum atomic E-state index is 14.0. The number of aromatic nitrogens is 3. The highest BCUT2D eigenvalue weighted by atomic mass is 19.4. The monoisotopic (exact) mass is 466 g/mol. The fourth-order valence-corrected chi connectivity index (χ4v) is 4.40. The van der Waals surface area contributed by atoms with E-state index in [1.807, 2.05) is 24.3 Å². The minimum atomic E-state index is -4.66. The van der Waals surface area contributed by atoms with Crippen molar-refractivity contribution in [3.63, 3.8) is 0 Å². The lowest BCUT2D eigenvalue weighted by atomic mass is 10.0. The van der Waals surface area contributed by atoms with Crippen molar-refractivity contribution < 1.29 is 22.7 Å². The van der Waals surface area contributed by atoms with Gasteiger partial charge in [0, 0.05) is 18.7 Å². The van der Waals surface area contributed by atoms with Gasteiger partial charge in [-0.3, -0.25) is 4.79 Å². The van der Waals surface area contributed by atoms with Crippen LogP contribution in [0.15, 0.2) is 60.7 Å². The molecule has 9 heteroatoms. The summed E-state index contributed by atoms with van der Waals surface area (Å²) in [5.41, 5.74) is 2.07. The normalized spacial score (nSPS) is 15.4. The van der Waals surface area contributed by atoms with Gasteiger partial charge in [-0.15, -0.1) is 0 Å². The van der Waals surface area contributed by atoms with Gasteiger partial charge in [0.05, 0.1) is 17.0 Å². The molecule has 0 radical (unpaired) electrons. The number of amides is 1. The van der Waals surface area contributed by atoms with Crippen molar-refractivity contribution in [2.45, 2.75) is 25.1 Å². The second kappa shape index (κ2) is 8.48. The van der Waals surface area contributed by atoms with E-state index in [4.69, 9.17) is 4.74 Å². The summed E-state index contributed by atoms with van der Waals surface area (Å²) in [5, 5.41) is 7.06. The molecule has 1 aliphatic carbocycles. The topological polar surface area (TPSA) is 69.0 Å². The van der Waals surface area contributed by atoms with E-state index >= 15 is 0 Å². The first-order valence-corrected chi connectivity index (χ1v) is 10.8. The van der Waals surface area contributed by atoms with E-state index in [1.165, 1.54) is 17.3 Å². The third kappa shape index (κ3) is 4.09. The molecule has 0 saturated heterocycles. The molecule has 174 valence electrons. The van der Waals surface area contributed by atoms with Gasteiger partial charge < -0.3 is 10.1 Å². The van der Waals surface area contributed by atoms with Gasteiger partial charge in [-0.1, -0.05) is 54.6 Å². The summed E-state index contributed by atoms with van der Waals surface area (Å²) in [6, 6.07) is 17.2. The number of carbonyl (C=O) groups is 1. The average molecular weight is 466 g/mol. The number of hydrogen-bond acceptors (Lipinski definition) is 4. The summed E-state index contributed by atoms with van der Waals surface area (Å²) >= 11 is 0. The first-order chi connectivity index (χ1) is 16.3. The number of nitrogens with one attached hydrogen (secondary N) is 1. The molecule has 1 N–H and O–H groups in total. The molecule has 0 unspecified atom stereocenters. The summed E-state index contributed by atoms with van der Waals surface area (Å²) in [4.78, 5) is 16.7. The van der Waals surface area contributed by atoms with Crippen LogP contribution < -0.4 is 10.1 Å². The molecule has 0 aliphatic heterocycles. The van der Waals surface area contributed by atoms with Crippen LogP contribution >= 0.6 is 0 Å². The Hall–Kier alpha value is -3.88. The molecule has 2 aromatic carbocycles. The summed E-state index contributed by atoms with van der Waals surface area (Å²) in [6.45, 7) is -0.447. The molecule has 0 saturated carbocycles. The fourth-order valence-electron chi connectivity index (χ4n) is 4.40. The highest BCUT2D eigenvalue weighted by Crippen LogP contribution is 2.40. The van der Waals surface area contributed by atoms with E-state index < -0.39 is 24.3 Å². The molecule has 0 fully saturated rings. The number of benzene rings is 2. The molecule has 34 heavy (non-hydrogen) atoms. The van der Waals surface area contributed by atoms with E-state index in [9.17, 15) is 18.0 Å². The van der Waals surface area contributed by atoms with Crippen LogP contribution in [0.1, 0.15) is 29.2 Å². The number of ether oxygens (including phenoxy) is 1. The number of fused-ring (bicyclic) bond motifs is 2. The zero-order valence-corrected chi connectivity index (χ0v) is 18.3. The van der Waals surface area contributed by atoms with Crippen LogP contribution in [0.5, 0.6) is 5.88 Å².